The Bertz CT molecular complexity index is 543. The predicted octanol–water partition coefficient (Wildman–Crippen LogP) is -0.213. The normalized spacial score (nSPS) is 11.7. The first-order valence-corrected chi connectivity index (χ1v) is 5.67. The minimum atomic E-state index is -4.25. The van der Waals surface area contributed by atoms with E-state index in [9.17, 15) is 18.3 Å². The SMILES string of the molecule is Cc1cc(O)n(C)c(=O)c1CS(=O)(=O)O. The van der Waals surface area contributed by atoms with Crippen molar-refractivity contribution in [2.75, 3.05) is 0 Å². The van der Waals surface area contributed by atoms with E-state index in [0.29, 0.717) is 5.56 Å². The molecule has 0 unspecified atom stereocenters. The van der Waals surface area contributed by atoms with Gasteiger partial charge < -0.3 is 5.11 Å². The molecule has 0 aliphatic heterocycles. The molecule has 0 aromatic carbocycles. The van der Waals surface area contributed by atoms with Gasteiger partial charge in [0, 0.05) is 18.7 Å². The highest BCUT2D eigenvalue weighted by atomic mass is 32.2. The van der Waals surface area contributed by atoms with Crippen molar-refractivity contribution in [3.8, 4) is 5.88 Å². The van der Waals surface area contributed by atoms with Crippen molar-refractivity contribution < 1.29 is 18.1 Å². The zero-order valence-electron chi connectivity index (χ0n) is 8.26. The van der Waals surface area contributed by atoms with Crippen LogP contribution in [0.1, 0.15) is 11.1 Å². The molecule has 0 saturated heterocycles. The Kier molecular flexibility index (Phi) is 2.87. The maximum Gasteiger partial charge on any atom is 0.269 e. The topological polar surface area (TPSA) is 96.6 Å². The summed E-state index contributed by atoms with van der Waals surface area (Å²) < 4.78 is 30.8. The summed E-state index contributed by atoms with van der Waals surface area (Å²) >= 11 is 0. The summed E-state index contributed by atoms with van der Waals surface area (Å²) in [6.45, 7) is 1.49. The Hall–Kier alpha value is -1.34. The molecule has 15 heavy (non-hydrogen) atoms. The Morgan fingerprint density at radius 1 is 1.47 bits per heavy atom. The molecule has 2 N–H and O–H groups in total. The number of aryl methyl sites for hydroxylation is 1. The molecule has 6 nitrogen and oxygen atoms in total. The fourth-order valence-corrected chi connectivity index (χ4v) is 1.93. The summed E-state index contributed by atoms with van der Waals surface area (Å²) in [6, 6.07) is 1.27. The minimum Gasteiger partial charge on any atom is -0.494 e. The standard InChI is InChI=1S/C8H11NO5S/c1-5-3-7(10)9(2)8(11)6(5)4-15(12,13)14/h3,10H,4H2,1-2H3,(H,12,13,14). The van der Waals surface area contributed by atoms with Crippen LogP contribution in [-0.4, -0.2) is 22.6 Å². The molecular formula is C8H11NO5S. The van der Waals surface area contributed by atoms with Crippen LogP contribution in [0.4, 0.5) is 0 Å². The second-order valence-corrected chi connectivity index (χ2v) is 4.71. The van der Waals surface area contributed by atoms with Gasteiger partial charge in [0.2, 0.25) is 0 Å². The quantitative estimate of drug-likeness (QED) is 0.689. The van der Waals surface area contributed by atoms with E-state index in [1.807, 2.05) is 0 Å². The van der Waals surface area contributed by atoms with Crippen LogP contribution in [0.2, 0.25) is 0 Å². The number of pyridine rings is 1. The van der Waals surface area contributed by atoms with Crippen molar-refractivity contribution in [3.05, 3.63) is 27.5 Å². The molecule has 1 aromatic heterocycles. The molecule has 1 rings (SSSR count). The van der Waals surface area contributed by atoms with Crippen LogP contribution in [0.25, 0.3) is 0 Å². The fourth-order valence-electron chi connectivity index (χ4n) is 1.21. The minimum absolute atomic E-state index is 0.0437. The summed E-state index contributed by atoms with van der Waals surface area (Å²) in [7, 11) is -2.94. The van der Waals surface area contributed by atoms with Crippen molar-refractivity contribution in [3.63, 3.8) is 0 Å². The maximum absolute atomic E-state index is 11.5. The summed E-state index contributed by atoms with van der Waals surface area (Å²) in [5, 5.41) is 9.25. The van der Waals surface area contributed by atoms with Crippen LogP contribution in [0.15, 0.2) is 10.9 Å². The van der Waals surface area contributed by atoms with E-state index in [4.69, 9.17) is 4.55 Å². The van der Waals surface area contributed by atoms with E-state index in [1.54, 1.807) is 0 Å². The smallest absolute Gasteiger partial charge is 0.269 e. The van der Waals surface area contributed by atoms with Crippen molar-refractivity contribution >= 4 is 10.1 Å². The summed E-state index contributed by atoms with van der Waals surface area (Å²) in [6.07, 6.45) is 0. The van der Waals surface area contributed by atoms with Gasteiger partial charge in [0.25, 0.3) is 15.7 Å². The predicted molar refractivity (Wildman–Crippen MR) is 53.3 cm³/mol. The molecular weight excluding hydrogens is 222 g/mol. The number of rotatable bonds is 2. The zero-order chi connectivity index (χ0) is 11.8. The Morgan fingerprint density at radius 2 is 2.00 bits per heavy atom. The number of aromatic hydroxyl groups is 1. The second kappa shape index (κ2) is 3.67. The van der Waals surface area contributed by atoms with Crippen LogP contribution < -0.4 is 5.56 Å². The molecule has 7 heteroatoms. The molecule has 1 aromatic rings. The van der Waals surface area contributed by atoms with Gasteiger partial charge in [0.1, 0.15) is 5.75 Å². The summed E-state index contributed by atoms with van der Waals surface area (Å²) in [5.74, 6) is -0.997. The Labute approximate surface area is 86.5 Å². The largest absolute Gasteiger partial charge is 0.494 e. The van der Waals surface area contributed by atoms with Crippen LogP contribution in [0.3, 0.4) is 0 Å². The van der Waals surface area contributed by atoms with Gasteiger partial charge >= 0.3 is 0 Å². The van der Waals surface area contributed by atoms with Crippen LogP contribution in [0, 0.1) is 6.92 Å². The number of hydrogen-bond donors (Lipinski definition) is 2. The van der Waals surface area contributed by atoms with Gasteiger partial charge in [0.15, 0.2) is 5.88 Å². The summed E-state index contributed by atoms with van der Waals surface area (Å²) in [4.78, 5) is 11.5. The Morgan fingerprint density at radius 3 is 2.47 bits per heavy atom. The van der Waals surface area contributed by atoms with Gasteiger partial charge in [-0.25, -0.2) is 0 Å². The van der Waals surface area contributed by atoms with E-state index in [0.717, 1.165) is 4.57 Å². The number of hydrogen-bond acceptors (Lipinski definition) is 4. The molecule has 0 saturated carbocycles. The molecule has 0 bridgehead atoms. The molecule has 0 atom stereocenters. The van der Waals surface area contributed by atoms with E-state index >= 15 is 0 Å². The molecule has 84 valence electrons. The third-order valence-corrected chi connectivity index (χ3v) is 2.71. The lowest BCUT2D eigenvalue weighted by Crippen LogP contribution is -2.24. The van der Waals surface area contributed by atoms with Gasteiger partial charge in [-0.2, -0.15) is 8.42 Å². The molecule has 0 aliphatic carbocycles. The van der Waals surface area contributed by atoms with Crippen LogP contribution >= 0.6 is 0 Å². The highest BCUT2D eigenvalue weighted by Crippen LogP contribution is 2.12. The number of aromatic nitrogens is 1. The average molecular weight is 233 g/mol. The lowest BCUT2D eigenvalue weighted by molar-refractivity contribution is 0.421. The Balaban J connectivity index is 3.44. The van der Waals surface area contributed by atoms with Crippen molar-refractivity contribution in [1.29, 1.82) is 0 Å². The first-order valence-electron chi connectivity index (χ1n) is 4.06. The van der Waals surface area contributed by atoms with E-state index < -0.39 is 21.4 Å². The molecule has 0 radical (unpaired) electrons. The summed E-state index contributed by atoms with van der Waals surface area (Å²) in [5.41, 5.74) is -0.351. The number of nitrogens with zero attached hydrogens (tertiary/aromatic N) is 1. The fraction of sp³-hybridized carbons (Fsp3) is 0.375. The van der Waals surface area contributed by atoms with Gasteiger partial charge in [-0.1, -0.05) is 0 Å². The monoisotopic (exact) mass is 233 g/mol. The first kappa shape index (κ1) is 11.7. The van der Waals surface area contributed by atoms with Gasteiger partial charge in [-0.3, -0.25) is 13.9 Å². The highest BCUT2D eigenvalue weighted by molar-refractivity contribution is 7.85. The van der Waals surface area contributed by atoms with E-state index in [1.165, 1.54) is 20.0 Å². The van der Waals surface area contributed by atoms with Gasteiger partial charge in [-0.05, 0) is 12.5 Å². The molecule has 0 amide bonds. The van der Waals surface area contributed by atoms with Crippen molar-refractivity contribution in [2.24, 2.45) is 7.05 Å². The van der Waals surface area contributed by atoms with Crippen molar-refractivity contribution in [2.45, 2.75) is 12.7 Å². The first-order chi connectivity index (χ1) is 6.72. The lowest BCUT2D eigenvalue weighted by atomic mass is 10.2. The average Bonchev–Trinajstić information content (AvgIpc) is 2.07. The van der Waals surface area contributed by atoms with Gasteiger partial charge in [-0.15, -0.1) is 0 Å². The van der Waals surface area contributed by atoms with Gasteiger partial charge in [0.05, 0.1) is 0 Å². The molecule has 0 fully saturated rings. The lowest BCUT2D eigenvalue weighted by Gasteiger charge is -2.07. The van der Waals surface area contributed by atoms with Crippen LogP contribution in [0.5, 0.6) is 5.88 Å². The highest BCUT2D eigenvalue weighted by Gasteiger charge is 2.15. The van der Waals surface area contributed by atoms with Crippen molar-refractivity contribution in [1.82, 2.24) is 4.57 Å². The van der Waals surface area contributed by atoms with Crippen LogP contribution in [-0.2, 0) is 22.9 Å². The zero-order valence-corrected chi connectivity index (χ0v) is 9.08. The van der Waals surface area contributed by atoms with E-state index in [2.05, 4.69) is 0 Å². The third-order valence-electron chi connectivity index (χ3n) is 2.05. The molecule has 0 aliphatic rings. The second-order valence-electron chi connectivity index (χ2n) is 3.25. The molecule has 0 spiro atoms. The third kappa shape index (κ3) is 2.57. The maximum atomic E-state index is 11.5. The van der Waals surface area contributed by atoms with E-state index in [-0.39, 0.29) is 11.4 Å². The molecule has 1 heterocycles.